The normalized spacial score (nSPS) is 14.7. The Morgan fingerprint density at radius 2 is 1.95 bits per heavy atom. The summed E-state index contributed by atoms with van der Waals surface area (Å²) < 4.78 is 2.24. The van der Waals surface area contributed by atoms with Crippen LogP contribution in [0.1, 0.15) is 53.9 Å². The minimum atomic E-state index is 0.227. The Hall–Kier alpha value is -1.77. The van der Waals surface area contributed by atoms with Crippen LogP contribution in [0, 0.1) is 13.8 Å². The minimum Gasteiger partial charge on any atom is -0.337 e. The van der Waals surface area contributed by atoms with E-state index in [4.69, 9.17) is 0 Å². The van der Waals surface area contributed by atoms with E-state index in [9.17, 15) is 4.79 Å². The van der Waals surface area contributed by atoms with Crippen molar-refractivity contribution in [3.05, 3.63) is 34.5 Å². The highest BCUT2D eigenvalue weighted by atomic mass is 16.2. The largest absolute Gasteiger partial charge is 0.337 e. The summed E-state index contributed by atoms with van der Waals surface area (Å²) >= 11 is 0. The lowest BCUT2D eigenvalue weighted by atomic mass is 10.00. The zero-order valence-electron chi connectivity index (χ0n) is 14.2. The van der Waals surface area contributed by atoms with Gasteiger partial charge in [-0.1, -0.05) is 25.5 Å². The number of carbonyl (C=O) groups is 1. The van der Waals surface area contributed by atoms with Crippen LogP contribution < -0.4 is 0 Å². The van der Waals surface area contributed by atoms with E-state index in [1.165, 1.54) is 27.6 Å². The maximum absolute atomic E-state index is 13.0. The molecule has 118 valence electrons. The summed E-state index contributed by atoms with van der Waals surface area (Å²) in [6.07, 6.45) is 3.20. The lowest BCUT2D eigenvalue weighted by molar-refractivity contribution is 0.0726. The summed E-state index contributed by atoms with van der Waals surface area (Å²) in [5.41, 5.74) is 6.07. The number of hydrogen-bond acceptors (Lipinski definition) is 1. The summed E-state index contributed by atoms with van der Waals surface area (Å²) in [5, 5.41) is 1.28. The summed E-state index contributed by atoms with van der Waals surface area (Å²) in [6.45, 7) is 11.2. The third-order valence-electron chi connectivity index (χ3n) is 5.07. The van der Waals surface area contributed by atoms with Gasteiger partial charge in [-0.25, -0.2) is 0 Å². The van der Waals surface area contributed by atoms with Crippen molar-refractivity contribution in [3.8, 4) is 0 Å². The second-order valence-electron chi connectivity index (χ2n) is 6.37. The first-order chi connectivity index (χ1) is 10.6. The summed E-state index contributed by atoms with van der Waals surface area (Å²) in [4.78, 5) is 15.0. The highest BCUT2D eigenvalue weighted by Crippen LogP contribution is 2.33. The van der Waals surface area contributed by atoms with E-state index < -0.39 is 0 Å². The molecule has 0 spiro atoms. The Labute approximate surface area is 132 Å². The third kappa shape index (κ3) is 2.15. The molecule has 3 nitrogen and oxygen atoms in total. The number of amides is 1. The first kappa shape index (κ1) is 15.1. The quantitative estimate of drug-likeness (QED) is 0.835. The average Bonchev–Trinajstić information content (AvgIpc) is 2.85. The fourth-order valence-corrected chi connectivity index (χ4v) is 3.67. The molecule has 1 aromatic carbocycles. The van der Waals surface area contributed by atoms with Crippen LogP contribution in [0.25, 0.3) is 10.9 Å². The van der Waals surface area contributed by atoms with Crippen LogP contribution in [-0.4, -0.2) is 28.5 Å². The summed E-state index contributed by atoms with van der Waals surface area (Å²) in [5.74, 6) is 0.227. The summed E-state index contributed by atoms with van der Waals surface area (Å²) in [7, 11) is 0. The van der Waals surface area contributed by atoms with Crippen molar-refractivity contribution in [1.29, 1.82) is 0 Å². The molecule has 22 heavy (non-hydrogen) atoms. The number of nitrogens with zero attached hydrogens (tertiary/aromatic N) is 2. The molecule has 0 atom stereocenters. The van der Waals surface area contributed by atoms with Crippen LogP contribution in [0.15, 0.2) is 12.1 Å². The van der Waals surface area contributed by atoms with Crippen LogP contribution in [0.4, 0.5) is 0 Å². The molecular formula is C19H26N2O. The summed E-state index contributed by atoms with van der Waals surface area (Å²) in [6, 6.07) is 4.39. The zero-order chi connectivity index (χ0) is 15.9. The van der Waals surface area contributed by atoms with Gasteiger partial charge in [-0.05, 0) is 50.3 Å². The van der Waals surface area contributed by atoms with Gasteiger partial charge in [0.2, 0.25) is 0 Å². The number of aryl methyl sites for hydroxylation is 3. The van der Waals surface area contributed by atoms with Crippen molar-refractivity contribution >= 4 is 16.8 Å². The van der Waals surface area contributed by atoms with Crippen molar-refractivity contribution in [2.45, 2.75) is 53.5 Å². The molecule has 2 heterocycles. The van der Waals surface area contributed by atoms with E-state index in [0.717, 1.165) is 44.6 Å². The van der Waals surface area contributed by atoms with Gasteiger partial charge in [-0.3, -0.25) is 4.79 Å². The molecule has 2 aromatic rings. The predicted octanol–water partition coefficient (Wildman–Crippen LogP) is 4.08. The first-order valence-electron chi connectivity index (χ1n) is 8.50. The van der Waals surface area contributed by atoms with Crippen molar-refractivity contribution in [2.24, 2.45) is 0 Å². The molecule has 0 aliphatic carbocycles. The highest BCUT2D eigenvalue weighted by Gasteiger charge is 2.30. The Morgan fingerprint density at radius 3 is 2.64 bits per heavy atom. The van der Waals surface area contributed by atoms with Crippen LogP contribution in [-0.2, 0) is 13.0 Å². The van der Waals surface area contributed by atoms with Crippen LogP contribution in [0.3, 0.4) is 0 Å². The highest BCUT2D eigenvalue weighted by molar-refractivity contribution is 6.03. The Balaban J connectivity index is 2.18. The second kappa shape index (κ2) is 5.79. The van der Waals surface area contributed by atoms with Gasteiger partial charge in [0, 0.05) is 25.0 Å². The maximum atomic E-state index is 13.0. The van der Waals surface area contributed by atoms with Gasteiger partial charge in [0.25, 0.3) is 5.91 Å². The molecule has 3 rings (SSSR count). The number of fused-ring (bicyclic) bond motifs is 3. The van der Waals surface area contributed by atoms with Gasteiger partial charge >= 0.3 is 0 Å². The number of carbonyl (C=O) groups excluding carboxylic acids is 1. The van der Waals surface area contributed by atoms with Crippen molar-refractivity contribution in [3.63, 3.8) is 0 Å². The Kier molecular flexibility index (Phi) is 3.98. The van der Waals surface area contributed by atoms with E-state index in [1.54, 1.807) is 0 Å². The second-order valence-corrected chi connectivity index (χ2v) is 6.37. The zero-order valence-corrected chi connectivity index (χ0v) is 14.2. The molecule has 0 bridgehead atoms. The molecule has 0 N–H and O–H groups in total. The van der Waals surface area contributed by atoms with Crippen molar-refractivity contribution in [1.82, 2.24) is 9.47 Å². The van der Waals surface area contributed by atoms with Gasteiger partial charge < -0.3 is 9.47 Å². The standard InChI is InChI=1S/C19H26N2O/c1-5-7-11-20-12-10-16-15-9-8-13(3)14(4)17(15)21(6-2)18(16)19(20)22/h8-9H,5-7,10-12H2,1-4H3. The SMILES string of the molecule is CCCCN1CCc2c(n(CC)c3c(C)c(C)ccc23)C1=O. The van der Waals surface area contributed by atoms with Gasteiger partial charge in [0.15, 0.2) is 0 Å². The topological polar surface area (TPSA) is 25.2 Å². The number of aromatic nitrogens is 1. The van der Waals surface area contributed by atoms with Gasteiger partial charge in [-0.15, -0.1) is 0 Å². The van der Waals surface area contributed by atoms with E-state index in [-0.39, 0.29) is 5.91 Å². The molecule has 0 saturated carbocycles. The lowest BCUT2D eigenvalue weighted by Gasteiger charge is -2.28. The predicted molar refractivity (Wildman–Crippen MR) is 91.6 cm³/mol. The number of benzene rings is 1. The molecule has 0 saturated heterocycles. The minimum absolute atomic E-state index is 0.227. The van der Waals surface area contributed by atoms with Crippen LogP contribution in [0.2, 0.25) is 0 Å². The van der Waals surface area contributed by atoms with E-state index in [0.29, 0.717) is 0 Å². The Morgan fingerprint density at radius 1 is 1.18 bits per heavy atom. The number of hydrogen-bond donors (Lipinski definition) is 0. The Bertz CT molecular complexity index is 727. The average molecular weight is 298 g/mol. The lowest BCUT2D eigenvalue weighted by Crippen LogP contribution is -2.39. The molecule has 0 radical (unpaired) electrons. The van der Waals surface area contributed by atoms with Gasteiger partial charge in [-0.2, -0.15) is 0 Å². The molecule has 1 aromatic heterocycles. The first-order valence-corrected chi connectivity index (χ1v) is 8.50. The molecule has 1 aliphatic heterocycles. The third-order valence-corrected chi connectivity index (χ3v) is 5.07. The number of unbranched alkanes of at least 4 members (excludes halogenated alkanes) is 1. The molecular weight excluding hydrogens is 272 g/mol. The fraction of sp³-hybridized carbons (Fsp3) is 0.526. The van der Waals surface area contributed by atoms with E-state index >= 15 is 0 Å². The maximum Gasteiger partial charge on any atom is 0.270 e. The smallest absolute Gasteiger partial charge is 0.270 e. The van der Waals surface area contributed by atoms with E-state index in [2.05, 4.69) is 44.4 Å². The molecule has 1 amide bonds. The van der Waals surface area contributed by atoms with Gasteiger partial charge in [0.05, 0.1) is 5.52 Å². The monoisotopic (exact) mass is 298 g/mol. The van der Waals surface area contributed by atoms with Crippen molar-refractivity contribution in [2.75, 3.05) is 13.1 Å². The molecule has 3 heteroatoms. The number of rotatable bonds is 4. The van der Waals surface area contributed by atoms with Crippen LogP contribution >= 0.6 is 0 Å². The fourth-order valence-electron chi connectivity index (χ4n) is 3.67. The van der Waals surface area contributed by atoms with Crippen LogP contribution in [0.5, 0.6) is 0 Å². The molecule has 0 fully saturated rings. The van der Waals surface area contributed by atoms with Crippen molar-refractivity contribution < 1.29 is 4.79 Å². The van der Waals surface area contributed by atoms with Gasteiger partial charge in [0.1, 0.15) is 5.69 Å². The van der Waals surface area contributed by atoms with E-state index in [1.807, 2.05) is 4.90 Å². The molecule has 0 unspecified atom stereocenters. The molecule has 1 aliphatic rings.